The molecule has 0 unspecified atom stereocenters. The molecule has 1 amide bonds. The van der Waals surface area contributed by atoms with Crippen molar-refractivity contribution in [2.24, 2.45) is 0 Å². The third-order valence-electron chi connectivity index (χ3n) is 3.83. The van der Waals surface area contributed by atoms with Crippen molar-refractivity contribution >= 4 is 5.91 Å². The van der Waals surface area contributed by atoms with Gasteiger partial charge in [-0.3, -0.25) is 14.6 Å². The molecule has 0 aromatic rings. The molecule has 5 nitrogen and oxygen atoms in total. The van der Waals surface area contributed by atoms with Crippen LogP contribution in [-0.4, -0.2) is 72.2 Å². The molecule has 19 heavy (non-hydrogen) atoms. The first-order valence-corrected chi connectivity index (χ1v) is 7.33. The molecule has 1 heterocycles. The molecule has 0 aliphatic carbocycles. The standard InChI is InChI=1S/C14H29N3O2/c1-4-14(2,3)15-13(19)12-17-7-5-6-16(8-9-17)10-11-18/h18H,4-12H2,1-3H3,(H,15,19). The van der Waals surface area contributed by atoms with Crippen LogP contribution in [0.3, 0.4) is 0 Å². The number of nitrogens with one attached hydrogen (secondary N) is 1. The van der Waals surface area contributed by atoms with Crippen molar-refractivity contribution in [3.05, 3.63) is 0 Å². The lowest BCUT2D eigenvalue weighted by Gasteiger charge is -2.27. The molecule has 0 aromatic heterocycles. The molecule has 5 heteroatoms. The van der Waals surface area contributed by atoms with Gasteiger partial charge in [0.15, 0.2) is 0 Å². The number of aliphatic hydroxyl groups is 1. The fourth-order valence-corrected chi connectivity index (χ4v) is 2.26. The third-order valence-corrected chi connectivity index (χ3v) is 3.83. The highest BCUT2D eigenvalue weighted by atomic mass is 16.3. The lowest BCUT2D eigenvalue weighted by Crippen LogP contribution is -2.47. The first-order chi connectivity index (χ1) is 8.96. The molecule has 2 N–H and O–H groups in total. The average molecular weight is 271 g/mol. The fraction of sp³-hybridized carbons (Fsp3) is 0.929. The zero-order valence-corrected chi connectivity index (χ0v) is 12.6. The van der Waals surface area contributed by atoms with Crippen LogP contribution in [0.2, 0.25) is 0 Å². The van der Waals surface area contributed by atoms with Crippen molar-refractivity contribution in [3.8, 4) is 0 Å². The summed E-state index contributed by atoms with van der Waals surface area (Å²) in [7, 11) is 0. The van der Waals surface area contributed by atoms with E-state index in [0.717, 1.165) is 45.6 Å². The summed E-state index contributed by atoms with van der Waals surface area (Å²) in [6.07, 6.45) is 1.99. The Balaban J connectivity index is 2.35. The van der Waals surface area contributed by atoms with Crippen LogP contribution in [0.4, 0.5) is 0 Å². The van der Waals surface area contributed by atoms with Crippen molar-refractivity contribution in [1.82, 2.24) is 15.1 Å². The second-order valence-corrected chi connectivity index (χ2v) is 5.98. The summed E-state index contributed by atoms with van der Waals surface area (Å²) in [6, 6.07) is 0. The van der Waals surface area contributed by atoms with Crippen LogP contribution in [0.15, 0.2) is 0 Å². The van der Waals surface area contributed by atoms with E-state index < -0.39 is 0 Å². The van der Waals surface area contributed by atoms with Crippen molar-refractivity contribution in [3.63, 3.8) is 0 Å². The molecule has 0 radical (unpaired) electrons. The summed E-state index contributed by atoms with van der Waals surface area (Å²) in [5.74, 6) is 0.113. The zero-order chi connectivity index (χ0) is 14.3. The highest BCUT2D eigenvalue weighted by molar-refractivity contribution is 5.78. The van der Waals surface area contributed by atoms with Crippen molar-refractivity contribution in [1.29, 1.82) is 0 Å². The Hall–Kier alpha value is -0.650. The summed E-state index contributed by atoms with van der Waals surface area (Å²) < 4.78 is 0. The Morgan fingerprint density at radius 2 is 1.84 bits per heavy atom. The normalized spacial score (nSPS) is 19.2. The highest BCUT2D eigenvalue weighted by Gasteiger charge is 2.21. The van der Waals surface area contributed by atoms with Gasteiger partial charge in [0.25, 0.3) is 0 Å². The monoisotopic (exact) mass is 271 g/mol. The van der Waals surface area contributed by atoms with E-state index >= 15 is 0 Å². The fourth-order valence-electron chi connectivity index (χ4n) is 2.26. The Labute approximate surface area is 117 Å². The van der Waals surface area contributed by atoms with Gasteiger partial charge in [0.1, 0.15) is 0 Å². The number of carbonyl (C=O) groups excluding carboxylic acids is 1. The molecule has 0 atom stereocenters. The van der Waals surface area contributed by atoms with Crippen molar-refractivity contribution in [2.45, 2.75) is 39.2 Å². The topological polar surface area (TPSA) is 55.8 Å². The molecule has 1 fully saturated rings. The number of amides is 1. The number of β-amino-alcohol motifs (C(OH)–C–C–N with tert-alkyl or cyclic N) is 1. The molecule has 0 aromatic carbocycles. The smallest absolute Gasteiger partial charge is 0.234 e. The van der Waals surface area contributed by atoms with Gasteiger partial charge in [-0.15, -0.1) is 0 Å². The molecule has 1 saturated heterocycles. The molecule has 0 bridgehead atoms. The number of carbonyl (C=O) groups is 1. The first kappa shape index (κ1) is 16.4. The van der Waals surface area contributed by atoms with Crippen LogP contribution in [0.1, 0.15) is 33.6 Å². The van der Waals surface area contributed by atoms with Crippen molar-refractivity contribution < 1.29 is 9.90 Å². The van der Waals surface area contributed by atoms with E-state index in [-0.39, 0.29) is 18.1 Å². The van der Waals surface area contributed by atoms with Gasteiger partial charge in [0.05, 0.1) is 13.2 Å². The second-order valence-electron chi connectivity index (χ2n) is 5.98. The van der Waals surface area contributed by atoms with E-state index in [9.17, 15) is 4.79 Å². The van der Waals surface area contributed by atoms with E-state index in [0.29, 0.717) is 6.54 Å². The van der Waals surface area contributed by atoms with Gasteiger partial charge in [-0.05, 0) is 39.8 Å². The quantitative estimate of drug-likeness (QED) is 0.729. The van der Waals surface area contributed by atoms with Crippen LogP contribution in [-0.2, 0) is 4.79 Å². The summed E-state index contributed by atoms with van der Waals surface area (Å²) in [5, 5.41) is 12.0. The minimum atomic E-state index is -0.119. The van der Waals surface area contributed by atoms with Gasteiger partial charge >= 0.3 is 0 Å². The van der Waals surface area contributed by atoms with Gasteiger partial charge in [0.2, 0.25) is 5.91 Å². The predicted molar refractivity (Wildman–Crippen MR) is 77.1 cm³/mol. The summed E-state index contributed by atoms with van der Waals surface area (Å²) in [6.45, 7) is 11.4. The summed E-state index contributed by atoms with van der Waals surface area (Å²) in [4.78, 5) is 16.5. The minimum absolute atomic E-state index is 0.113. The van der Waals surface area contributed by atoms with Crippen LogP contribution < -0.4 is 5.32 Å². The van der Waals surface area contributed by atoms with Crippen molar-refractivity contribution in [2.75, 3.05) is 45.9 Å². The van der Waals surface area contributed by atoms with E-state index in [1.54, 1.807) is 0 Å². The van der Waals surface area contributed by atoms with Crippen LogP contribution >= 0.6 is 0 Å². The number of hydrogen-bond acceptors (Lipinski definition) is 4. The maximum Gasteiger partial charge on any atom is 0.234 e. The third kappa shape index (κ3) is 6.36. The van der Waals surface area contributed by atoms with E-state index in [2.05, 4.69) is 35.9 Å². The maximum atomic E-state index is 12.0. The molecule has 0 saturated carbocycles. The van der Waals surface area contributed by atoms with Gasteiger partial charge in [-0.2, -0.15) is 0 Å². The molecule has 1 aliphatic rings. The van der Waals surface area contributed by atoms with E-state index in [1.165, 1.54) is 0 Å². The second kappa shape index (κ2) is 7.82. The number of nitrogens with zero attached hydrogens (tertiary/aromatic N) is 2. The molecule has 1 aliphatic heterocycles. The lowest BCUT2D eigenvalue weighted by atomic mass is 10.0. The Morgan fingerprint density at radius 3 is 2.47 bits per heavy atom. The molecule has 112 valence electrons. The number of aliphatic hydroxyl groups excluding tert-OH is 1. The van der Waals surface area contributed by atoms with Crippen LogP contribution in [0, 0.1) is 0 Å². The molecular weight excluding hydrogens is 242 g/mol. The van der Waals surface area contributed by atoms with Gasteiger partial charge in [-0.1, -0.05) is 6.92 Å². The molecule has 1 rings (SSSR count). The maximum absolute atomic E-state index is 12.0. The average Bonchev–Trinajstić information content (AvgIpc) is 2.55. The SMILES string of the molecule is CCC(C)(C)NC(=O)CN1CCCN(CCO)CC1. The Kier molecular flexibility index (Phi) is 6.75. The highest BCUT2D eigenvalue weighted by Crippen LogP contribution is 2.07. The summed E-state index contributed by atoms with van der Waals surface area (Å²) >= 11 is 0. The lowest BCUT2D eigenvalue weighted by molar-refractivity contribution is -0.123. The first-order valence-electron chi connectivity index (χ1n) is 7.33. The zero-order valence-electron chi connectivity index (χ0n) is 12.6. The van der Waals surface area contributed by atoms with E-state index in [4.69, 9.17) is 5.11 Å². The van der Waals surface area contributed by atoms with E-state index in [1.807, 2.05) is 0 Å². The Morgan fingerprint density at radius 1 is 1.21 bits per heavy atom. The van der Waals surface area contributed by atoms with Crippen LogP contribution in [0.5, 0.6) is 0 Å². The largest absolute Gasteiger partial charge is 0.395 e. The number of rotatable bonds is 6. The number of hydrogen-bond donors (Lipinski definition) is 2. The van der Waals surface area contributed by atoms with Gasteiger partial charge < -0.3 is 10.4 Å². The minimum Gasteiger partial charge on any atom is -0.395 e. The Bertz CT molecular complexity index is 282. The summed E-state index contributed by atoms with van der Waals surface area (Å²) in [5.41, 5.74) is -0.119. The predicted octanol–water partition coefficient (Wildman–Crippen LogP) is 0.291. The molecule has 0 spiro atoms. The van der Waals surface area contributed by atoms with Crippen LogP contribution in [0.25, 0.3) is 0 Å². The van der Waals surface area contributed by atoms with Gasteiger partial charge in [0, 0.05) is 25.2 Å². The molecular formula is C14H29N3O2. The van der Waals surface area contributed by atoms with Gasteiger partial charge in [-0.25, -0.2) is 0 Å².